The minimum absolute atomic E-state index is 0.156. The van der Waals surface area contributed by atoms with Gasteiger partial charge < -0.3 is 14.8 Å². The standard InChI is InChI=1S/C19H19N5O3/c1-22(2)16-6-3-14(4-7-16)12-21-19(25)15-5-8-17(18(11-15)24(26)27)23-10-9-20-13-23/h3-11,13H,12H2,1-2H3,(H,21,25). The number of carbonyl (C=O) groups excluding carboxylic acids is 1. The minimum Gasteiger partial charge on any atom is -0.378 e. The highest BCUT2D eigenvalue weighted by Crippen LogP contribution is 2.24. The van der Waals surface area contributed by atoms with E-state index in [1.807, 2.05) is 43.3 Å². The van der Waals surface area contributed by atoms with Crippen molar-refractivity contribution in [2.45, 2.75) is 6.54 Å². The number of anilines is 1. The number of nitro benzene ring substituents is 1. The van der Waals surface area contributed by atoms with E-state index in [-0.39, 0.29) is 17.2 Å². The molecule has 0 saturated carbocycles. The molecule has 0 aliphatic carbocycles. The number of nitrogens with zero attached hydrogens (tertiary/aromatic N) is 4. The summed E-state index contributed by atoms with van der Waals surface area (Å²) in [6, 6.07) is 12.2. The average Bonchev–Trinajstić information content (AvgIpc) is 3.20. The van der Waals surface area contributed by atoms with Crippen LogP contribution < -0.4 is 10.2 Å². The molecule has 0 atom stereocenters. The van der Waals surface area contributed by atoms with E-state index in [9.17, 15) is 14.9 Å². The molecule has 2 aromatic carbocycles. The van der Waals surface area contributed by atoms with Gasteiger partial charge in [-0.25, -0.2) is 4.98 Å². The van der Waals surface area contributed by atoms with E-state index >= 15 is 0 Å². The Kier molecular flexibility index (Phi) is 5.16. The van der Waals surface area contributed by atoms with Crippen LogP contribution in [0.1, 0.15) is 15.9 Å². The van der Waals surface area contributed by atoms with Crippen LogP contribution >= 0.6 is 0 Å². The molecule has 1 amide bonds. The number of carbonyl (C=O) groups is 1. The SMILES string of the molecule is CN(C)c1ccc(CNC(=O)c2ccc(-n3ccnc3)c([N+](=O)[O-])c2)cc1. The molecule has 1 N–H and O–H groups in total. The summed E-state index contributed by atoms with van der Waals surface area (Å²) in [6.45, 7) is 0.337. The zero-order valence-corrected chi connectivity index (χ0v) is 15.0. The lowest BCUT2D eigenvalue weighted by Crippen LogP contribution is -2.23. The lowest BCUT2D eigenvalue weighted by atomic mass is 10.1. The maximum atomic E-state index is 12.4. The van der Waals surface area contributed by atoms with E-state index in [2.05, 4.69) is 10.3 Å². The predicted molar refractivity (Wildman–Crippen MR) is 102 cm³/mol. The van der Waals surface area contributed by atoms with Gasteiger partial charge in [0.05, 0.1) is 11.3 Å². The fourth-order valence-electron chi connectivity index (χ4n) is 2.63. The molecular formula is C19H19N5O3. The Morgan fingerprint density at radius 3 is 2.56 bits per heavy atom. The lowest BCUT2D eigenvalue weighted by Gasteiger charge is -2.13. The van der Waals surface area contributed by atoms with Crippen molar-refractivity contribution in [2.75, 3.05) is 19.0 Å². The van der Waals surface area contributed by atoms with E-state index < -0.39 is 4.92 Å². The first kappa shape index (κ1) is 18.1. The van der Waals surface area contributed by atoms with E-state index in [4.69, 9.17) is 0 Å². The Balaban J connectivity index is 1.74. The van der Waals surface area contributed by atoms with Gasteiger partial charge in [0.25, 0.3) is 11.6 Å². The summed E-state index contributed by atoms with van der Waals surface area (Å²) in [5.41, 5.74) is 2.44. The Hall–Kier alpha value is -3.68. The van der Waals surface area contributed by atoms with Crippen molar-refractivity contribution in [1.29, 1.82) is 0 Å². The fourth-order valence-corrected chi connectivity index (χ4v) is 2.63. The van der Waals surface area contributed by atoms with Crippen molar-refractivity contribution < 1.29 is 9.72 Å². The van der Waals surface area contributed by atoms with Crippen LogP contribution in [0.25, 0.3) is 5.69 Å². The molecular weight excluding hydrogens is 346 g/mol. The average molecular weight is 365 g/mol. The van der Waals surface area contributed by atoms with Gasteiger partial charge in [-0.2, -0.15) is 0 Å². The maximum Gasteiger partial charge on any atom is 0.294 e. The van der Waals surface area contributed by atoms with Crippen molar-refractivity contribution in [3.63, 3.8) is 0 Å². The molecule has 0 bridgehead atoms. The molecule has 1 heterocycles. The zero-order valence-electron chi connectivity index (χ0n) is 15.0. The van der Waals surface area contributed by atoms with Gasteiger partial charge >= 0.3 is 0 Å². The number of nitro groups is 1. The van der Waals surface area contributed by atoms with Gasteiger partial charge in [-0.15, -0.1) is 0 Å². The van der Waals surface area contributed by atoms with Gasteiger partial charge in [0.15, 0.2) is 0 Å². The Labute approximate surface area is 156 Å². The zero-order chi connectivity index (χ0) is 19.4. The van der Waals surface area contributed by atoms with E-state index in [1.54, 1.807) is 18.3 Å². The van der Waals surface area contributed by atoms with Gasteiger partial charge in [0.2, 0.25) is 0 Å². The summed E-state index contributed by atoms with van der Waals surface area (Å²) >= 11 is 0. The highest BCUT2D eigenvalue weighted by Gasteiger charge is 2.18. The largest absolute Gasteiger partial charge is 0.378 e. The van der Waals surface area contributed by atoms with Crippen LogP contribution in [0.4, 0.5) is 11.4 Å². The summed E-state index contributed by atoms with van der Waals surface area (Å²) in [7, 11) is 3.91. The minimum atomic E-state index is -0.508. The number of rotatable bonds is 6. The molecule has 0 unspecified atom stereocenters. The van der Waals surface area contributed by atoms with Crippen molar-refractivity contribution in [3.8, 4) is 5.69 Å². The van der Waals surface area contributed by atoms with Crippen molar-refractivity contribution in [2.24, 2.45) is 0 Å². The summed E-state index contributed by atoms with van der Waals surface area (Å²) in [5.74, 6) is -0.369. The van der Waals surface area contributed by atoms with Crippen LogP contribution in [-0.4, -0.2) is 34.5 Å². The summed E-state index contributed by atoms with van der Waals surface area (Å²) in [5, 5.41) is 14.2. The topological polar surface area (TPSA) is 93.3 Å². The number of hydrogen-bond acceptors (Lipinski definition) is 5. The second kappa shape index (κ2) is 7.69. The fraction of sp³-hybridized carbons (Fsp3) is 0.158. The Morgan fingerprint density at radius 2 is 1.96 bits per heavy atom. The molecule has 138 valence electrons. The third-order valence-corrected chi connectivity index (χ3v) is 4.12. The third-order valence-electron chi connectivity index (χ3n) is 4.12. The number of imidazole rings is 1. The van der Waals surface area contributed by atoms with Crippen molar-refractivity contribution in [1.82, 2.24) is 14.9 Å². The molecule has 1 aromatic heterocycles. The van der Waals surface area contributed by atoms with E-state index in [0.717, 1.165) is 11.3 Å². The van der Waals surface area contributed by atoms with Crippen LogP contribution in [0.2, 0.25) is 0 Å². The maximum absolute atomic E-state index is 12.4. The summed E-state index contributed by atoms with van der Waals surface area (Å²) in [6.07, 6.45) is 4.62. The summed E-state index contributed by atoms with van der Waals surface area (Å²) < 4.78 is 1.53. The Morgan fingerprint density at radius 1 is 1.22 bits per heavy atom. The molecule has 0 saturated heterocycles. The molecule has 0 aliphatic rings. The van der Waals surface area contributed by atoms with Crippen LogP contribution in [0.5, 0.6) is 0 Å². The molecule has 0 fully saturated rings. The summed E-state index contributed by atoms with van der Waals surface area (Å²) in [4.78, 5) is 29.2. The smallest absolute Gasteiger partial charge is 0.294 e. The number of amides is 1. The molecule has 8 nitrogen and oxygen atoms in total. The second-order valence-electron chi connectivity index (χ2n) is 6.17. The molecule has 3 aromatic rings. The van der Waals surface area contributed by atoms with Crippen LogP contribution in [0, 0.1) is 10.1 Å². The first-order chi connectivity index (χ1) is 13.0. The molecule has 0 radical (unpaired) electrons. The molecule has 3 rings (SSSR count). The predicted octanol–water partition coefficient (Wildman–Crippen LogP) is 2.78. The third kappa shape index (κ3) is 4.12. The normalized spacial score (nSPS) is 10.4. The van der Waals surface area contributed by atoms with Gasteiger partial charge in [0, 0.05) is 50.4 Å². The number of benzene rings is 2. The first-order valence-electron chi connectivity index (χ1n) is 8.27. The van der Waals surface area contributed by atoms with Gasteiger partial charge in [-0.05, 0) is 29.8 Å². The highest BCUT2D eigenvalue weighted by molar-refractivity contribution is 5.95. The van der Waals surface area contributed by atoms with E-state index in [0.29, 0.717) is 12.2 Å². The van der Waals surface area contributed by atoms with Crippen molar-refractivity contribution in [3.05, 3.63) is 82.4 Å². The van der Waals surface area contributed by atoms with Gasteiger partial charge in [-0.3, -0.25) is 14.9 Å². The number of aromatic nitrogens is 2. The number of nitrogens with one attached hydrogen (secondary N) is 1. The van der Waals surface area contributed by atoms with Gasteiger partial charge in [0.1, 0.15) is 5.69 Å². The second-order valence-corrected chi connectivity index (χ2v) is 6.17. The Bertz CT molecular complexity index is 950. The van der Waals surface area contributed by atoms with Crippen LogP contribution in [0.3, 0.4) is 0 Å². The van der Waals surface area contributed by atoms with Gasteiger partial charge in [-0.1, -0.05) is 12.1 Å². The molecule has 0 aliphatic heterocycles. The monoisotopic (exact) mass is 365 g/mol. The first-order valence-corrected chi connectivity index (χ1v) is 8.27. The number of hydrogen-bond donors (Lipinski definition) is 1. The highest BCUT2D eigenvalue weighted by atomic mass is 16.6. The molecule has 8 heteroatoms. The van der Waals surface area contributed by atoms with Crippen LogP contribution in [0.15, 0.2) is 61.2 Å². The molecule has 27 heavy (non-hydrogen) atoms. The molecule has 0 spiro atoms. The van der Waals surface area contributed by atoms with E-state index in [1.165, 1.54) is 23.2 Å². The van der Waals surface area contributed by atoms with Crippen LogP contribution in [-0.2, 0) is 6.54 Å². The quantitative estimate of drug-likeness (QED) is 0.535. The van der Waals surface area contributed by atoms with Crippen molar-refractivity contribution >= 4 is 17.3 Å². The lowest BCUT2D eigenvalue weighted by molar-refractivity contribution is -0.384.